The number of nitrogens with one attached hydrogen (secondary N) is 1. The van der Waals surface area contributed by atoms with E-state index in [4.69, 9.17) is 0 Å². The Morgan fingerprint density at radius 3 is 2.47 bits per heavy atom. The molecular weight excluding hydrogens is 236 g/mol. The van der Waals surface area contributed by atoms with Crippen LogP contribution < -0.4 is 5.32 Å². The van der Waals surface area contributed by atoms with Crippen molar-refractivity contribution in [3.05, 3.63) is 0 Å². The average Bonchev–Trinajstić information content (AvgIpc) is 2.29. The predicted octanol–water partition coefficient (Wildman–Crippen LogP) is 1.43. The van der Waals surface area contributed by atoms with Gasteiger partial charge >= 0.3 is 0 Å². The van der Waals surface area contributed by atoms with Gasteiger partial charge in [0.15, 0.2) is 0 Å². The summed E-state index contributed by atoms with van der Waals surface area (Å²) < 4.78 is 25.9. The zero-order chi connectivity index (χ0) is 13.1. The second kappa shape index (κ2) is 6.16. The summed E-state index contributed by atoms with van der Waals surface area (Å²) in [6.45, 7) is 10.0. The van der Waals surface area contributed by atoms with E-state index in [2.05, 4.69) is 19.2 Å². The van der Waals surface area contributed by atoms with Gasteiger partial charge in [-0.25, -0.2) is 12.7 Å². The van der Waals surface area contributed by atoms with Gasteiger partial charge in [-0.3, -0.25) is 0 Å². The minimum absolute atomic E-state index is 0.310. The van der Waals surface area contributed by atoms with E-state index in [0.29, 0.717) is 25.0 Å². The third kappa shape index (κ3) is 3.42. The Kier molecular flexibility index (Phi) is 5.41. The summed E-state index contributed by atoms with van der Waals surface area (Å²) in [5.74, 6) is 0.442. The molecule has 0 radical (unpaired) electrons. The Morgan fingerprint density at radius 1 is 1.35 bits per heavy atom. The fourth-order valence-corrected chi connectivity index (χ4v) is 3.83. The van der Waals surface area contributed by atoms with Crippen molar-refractivity contribution in [3.8, 4) is 0 Å². The molecule has 1 fully saturated rings. The van der Waals surface area contributed by atoms with E-state index in [1.165, 1.54) is 0 Å². The van der Waals surface area contributed by atoms with Crippen molar-refractivity contribution in [3.63, 3.8) is 0 Å². The van der Waals surface area contributed by atoms with E-state index < -0.39 is 10.0 Å². The molecule has 0 aromatic heterocycles. The average molecular weight is 262 g/mol. The summed E-state index contributed by atoms with van der Waals surface area (Å²) in [5, 5.41) is 3.16. The van der Waals surface area contributed by atoms with Crippen LogP contribution in [0.3, 0.4) is 0 Å². The highest BCUT2D eigenvalue weighted by atomic mass is 32.2. The van der Waals surface area contributed by atoms with E-state index in [-0.39, 0.29) is 5.25 Å². The highest BCUT2D eigenvalue weighted by Gasteiger charge is 2.34. The Hall–Kier alpha value is -0.130. The lowest BCUT2D eigenvalue weighted by Crippen LogP contribution is -2.52. The SMILES string of the molecule is CCNC1CCN(S(=O)(=O)C(C)C)CC1CC. The zero-order valence-electron chi connectivity index (χ0n) is 11.4. The summed E-state index contributed by atoms with van der Waals surface area (Å²) in [7, 11) is -3.08. The monoisotopic (exact) mass is 262 g/mol. The van der Waals surface area contributed by atoms with Gasteiger partial charge in [0.1, 0.15) is 0 Å². The maximum absolute atomic E-state index is 12.1. The third-order valence-corrected chi connectivity index (χ3v) is 5.89. The second-order valence-corrected chi connectivity index (χ2v) is 7.56. The van der Waals surface area contributed by atoms with Gasteiger partial charge in [0.05, 0.1) is 5.25 Å². The summed E-state index contributed by atoms with van der Waals surface area (Å²) in [4.78, 5) is 0. The van der Waals surface area contributed by atoms with Crippen LogP contribution in [0.4, 0.5) is 0 Å². The van der Waals surface area contributed by atoms with Gasteiger partial charge in [0.2, 0.25) is 10.0 Å². The zero-order valence-corrected chi connectivity index (χ0v) is 12.3. The van der Waals surface area contributed by atoms with Gasteiger partial charge in [-0.1, -0.05) is 20.3 Å². The molecule has 0 aromatic rings. The Balaban J connectivity index is 2.72. The molecule has 1 heterocycles. The normalized spacial score (nSPS) is 27.6. The van der Waals surface area contributed by atoms with Gasteiger partial charge in [-0.15, -0.1) is 0 Å². The Bertz CT molecular complexity index is 327. The molecule has 1 N–H and O–H groups in total. The van der Waals surface area contributed by atoms with Crippen LogP contribution in [0.15, 0.2) is 0 Å². The maximum atomic E-state index is 12.1. The molecule has 5 heteroatoms. The number of nitrogens with zero attached hydrogens (tertiary/aromatic N) is 1. The molecule has 1 aliphatic rings. The number of sulfonamides is 1. The van der Waals surface area contributed by atoms with Crippen LogP contribution in [0.25, 0.3) is 0 Å². The molecule has 1 aliphatic heterocycles. The van der Waals surface area contributed by atoms with E-state index in [0.717, 1.165) is 19.4 Å². The highest BCUT2D eigenvalue weighted by Crippen LogP contribution is 2.23. The van der Waals surface area contributed by atoms with Crippen LogP contribution in [0, 0.1) is 5.92 Å². The number of rotatable bonds is 5. The van der Waals surface area contributed by atoms with E-state index in [1.54, 1.807) is 18.2 Å². The van der Waals surface area contributed by atoms with Gasteiger partial charge in [-0.2, -0.15) is 0 Å². The molecule has 0 saturated carbocycles. The number of hydrogen-bond acceptors (Lipinski definition) is 3. The molecule has 4 nitrogen and oxygen atoms in total. The maximum Gasteiger partial charge on any atom is 0.216 e. The summed E-state index contributed by atoms with van der Waals surface area (Å²) >= 11 is 0. The van der Waals surface area contributed by atoms with Gasteiger partial charge < -0.3 is 5.32 Å². The van der Waals surface area contributed by atoms with Crippen molar-refractivity contribution in [1.82, 2.24) is 9.62 Å². The standard InChI is InChI=1S/C12H26N2O2S/c1-5-11-9-14(17(15,16)10(3)4)8-7-12(11)13-6-2/h10-13H,5-9H2,1-4H3. The molecule has 0 aromatic carbocycles. The quantitative estimate of drug-likeness (QED) is 0.815. The molecule has 1 saturated heterocycles. The molecule has 0 aliphatic carbocycles. The fraction of sp³-hybridized carbons (Fsp3) is 1.00. The summed E-state index contributed by atoms with van der Waals surface area (Å²) in [5.41, 5.74) is 0. The van der Waals surface area contributed by atoms with Crippen molar-refractivity contribution in [1.29, 1.82) is 0 Å². The van der Waals surface area contributed by atoms with Crippen LogP contribution >= 0.6 is 0 Å². The minimum atomic E-state index is -3.08. The first kappa shape index (κ1) is 14.9. The Labute approximate surface area is 106 Å². The molecule has 0 bridgehead atoms. The lowest BCUT2D eigenvalue weighted by Gasteiger charge is -2.38. The van der Waals surface area contributed by atoms with Crippen molar-refractivity contribution >= 4 is 10.0 Å². The second-order valence-electron chi connectivity index (χ2n) is 5.07. The molecule has 17 heavy (non-hydrogen) atoms. The van der Waals surface area contributed by atoms with Crippen molar-refractivity contribution in [2.24, 2.45) is 5.92 Å². The van der Waals surface area contributed by atoms with Crippen LogP contribution in [0.5, 0.6) is 0 Å². The molecule has 2 unspecified atom stereocenters. The predicted molar refractivity (Wildman–Crippen MR) is 71.5 cm³/mol. The molecule has 2 atom stereocenters. The first-order valence-corrected chi connectivity index (χ1v) is 8.16. The van der Waals surface area contributed by atoms with E-state index in [9.17, 15) is 8.42 Å². The highest BCUT2D eigenvalue weighted by molar-refractivity contribution is 7.89. The largest absolute Gasteiger partial charge is 0.314 e. The van der Waals surface area contributed by atoms with Crippen molar-refractivity contribution < 1.29 is 8.42 Å². The minimum Gasteiger partial charge on any atom is -0.314 e. The third-order valence-electron chi connectivity index (χ3n) is 3.64. The van der Waals surface area contributed by atoms with Crippen LogP contribution in [-0.2, 0) is 10.0 Å². The molecule has 0 spiro atoms. The fourth-order valence-electron chi connectivity index (χ4n) is 2.47. The first-order valence-electron chi connectivity index (χ1n) is 6.65. The summed E-state index contributed by atoms with van der Waals surface area (Å²) in [6.07, 6.45) is 1.96. The number of piperidine rings is 1. The van der Waals surface area contributed by atoms with Crippen LogP contribution in [0.2, 0.25) is 0 Å². The molecule has 1 rings (SSSR count). The number of hydrogen-bond donors (Lipinski definition) is 1. The van der Waals surface area contributed by atoms with E-state index in [1.807, 2.05) is 0 Å². The lowest BCUT2D eigenvalue weighted by molar-refractivity contribution is 0.203. The summed E-state index contributed by atoms with van der Waals surface area (Å²) in [6, 6.07) is 0.476. The lowest BCUT2D eigenvalue weighted by atomic mass is 9.91. The van der Waals surface area contributed by atoms with E-state index >= 15 is 0 Å². The molecule has 0 amide bonds. The van der Waals surface area contributed by atoms with Gasteiger partial charge in [0.25, 0.3) is 0 Å². The van der Waals surface area contributed by atoms with Gasteiger partial charge in [0, 0.05) is 19.1 Å². The topological polar surface area (TPSA) is 49.4 Å². The molecule has 102 valence electrons. The molecular formula is C12H26N2O2S. The first-order chi connectivity index (χ1) is 7.93. The van der Waals surface area contributed by atoms with Crippen LogP contribution in [-0.4, -0.2) is 43.6 Å². The Morgan fingerprint density at radius 2 is 2.00 bits per heavy atom. The van der Waals surface area contributed by atoms with Crippen molar-refractivity contribution in [2.45, 2.75) is 51.8 Å². The smallest absolute Gasteiger partial charge is 0.216 e. The van der Waals surface area contributed by atoms with Crippen molar-refractivity contribution in [2.75, 3.05) is 19.6 Å². The van der Waals surface area contributed by atoms with Crippen LogP contribution in [0.1, 0.15) is 40.5 Å². The van der Waals surface area contributed by atoms with Gasteiger partial charge in [-0.05, 0) is 32.7 Å².